The molecular weight excluding hydrogens is 236 g/mol. The lowest BCUT2D eigenvalue weighted by Gasteiger charge is -2.27. The van der Waals surface area contributed by atoms with Crippen LogP contribution < -0.4 is 10.2 Å². The van der Waals surface area contributed by atoms with Gasteiger partial charge in [0.25, 0.3) is 0 Å². The van der Waals surface area contributed by atoms with Crippen LogP contribution in [0.4, 0.5) is 5.69 Å². The van der Waals surface area contributed by atoms with Crippen molar-refractivity contribution >= 4 is 11.6 Å². The second-order valence-electron chi connectivity index (χ2n) is 6.01. The Morgan fingerprint density at radius 1 is 1.37 bits per heavy atom. The number of benzene rings is 1. The fourth-order valence-electron chi connectivity index (χ4n) is 2.95. The van der Waals surface area contributed by atoms with Crippen molar-refractivity contribution in [2.24, 2.45) is 5.41 Å². The third kappa shape index (κ3) is 2.27. The van der Waals surface area contributed by atoms with Crippen LogP contribution in [0.1, 0.15) is 32.3 Å². The minimum absolute atomic E-state index is 0.0788. The van der Waals surface area contributed by atoms with Crippen LogP contribution in [-0.4, -0.2) is 25.0 Å². The van der Waals surface area contributed by atoms with Crippen LogP contribution in [0.3, 0.4) is 0 Å². The van der Waals surface area contributed by atoms with E-state index in [-0.39, 0.29) is 11.9 Å². The predicted octanol–water partition coefficient (Wildman–Crippen LogP) is 2.35. The highest BCUT2D eigenvalue weighted by molar-refractivity contribution is 5.98. The number of amides is 1. The van der Waals surface area contributed by atoms with Crippen molar-refractivity contribution in [3.05, 3.63) is 29.8 Å². The fourth-order valence-corrected chi connectivity index (χ4v) is 2.95. The van der Waals surface area contributed by atoms with Crippen LogP contribution >= 0.6 is 0 Å². The molecule has 1 saturated carbocycles. The summed E-state index contributed by atoms with van der Waals surface area (Å²) >= 11 is 0. The van der Waals surface area contributed by atoms with E-state index in [1.807, 2.05) is 17.9 Å². The zero-order valence-electron chi connectivity index (χ0n) is 11.8. The fraction of sp³-hybridized carbons (Fsp3) is 0.562. The molecule has 0 bridgehead atoms. The Bertz CT molecular complexity index is 493. The summed E-state index contributed by atoms with van der Waals surface area (Å²) in [4.78, 5) is 14.6. The van der Waals surface area contributed by atoms with E-state index in [9.17, 15) is 4.79 Å². The van der Waals surface area contributed by atoms with E-state index in [2.05, 4.69) is 30.4 Å². The summed E-state index contributed by atoms with van der Waals surface area (Å²) in [5, 5.41) is 3.39. The lowest BCUT2D eigenvalue weighted by molar-refractivity contribution is -0.119. The average Bonchev–Trinajstić information content (AvgIpc) is 3.22. The number of aryl methyl sites for hydroxylation is 1. The second kappa shape index (κ2) is 4.64. The SMILES string of the molecule is CCc1ccccc1N1CC2(CC2)CNC(C)C1=O. The van der Waals surface area contributed by atoms with Gasteiger partial charge in [-0.15, -0.1) is 0 Å². The van der Waals surface area contributed by atoms with Gasteiger partial charge >= 0.3 is 0 Å². The number of carbonyl (C=O) groups is 1. The molecule has 1 saturated heterocycles. The maximum Gasteiger partial charge on any atom is 0.243 e. The predicted molar refractivity (Wildman–Crippen MR) is 77.3 cm³/mol. The Morgan fingerprint density at radius 3 is 2.79 bits per heavy atom. The molecule has 1 unspecified atom stereocenters. The number of rotatable bonds is 2. The van der Waals surface area contributed by atoms with Gasteiger partial charge in [0.1, 0.15) is 0 Å². The molecule has 1 aliphatic carbocycles. The molecule has 1 atom stereocenters. The van der Waals surface area contributed by atoms with E-state index in [1.54, 1.807) is 0 Å². The zero-order valence-corrected chi connectivity index (χ0v) is 11.8. The summed E-state index contributed by atoms with van der Waals surface area (Å²) in [6.45, 7) is 5.98. The van der Waals surface area contributed by atoms with E-state index >= 15 is 0 Å². The van der Waals surface area contributed by atoms with Crippen molar-refractivity contribution in [3.63, 3.8) is 0 Å². The Kier molecular flexibility index (Phi) is 3.09. The van der Waals surface area contributed by atoms with Gasteiger partial charge in [0, 0.05) is 24.2 Å². The molecule has 1 spiro atoms. The Morgan fingerprint density at radius 2 is 2.11 bits per heavy atom. The van der Waals surface area contributed by atoms with Gasteiger partial charge in [-0.3, -0.25) is 4.79 Å². The zero-order chi connectivity index (χ0) is 13.5. The van der Waals surface area contributed by atoms with E-state index < -0.39 is 0 Å². The summed E-state index contributed by atoms with van der Waals surface area (Å²) in [5.74, 6) is 0.213. The third-order valence-corrected chi connectivity index (χ3v) is 4.53. The highest BCUT2D eigenvalue weighted by atomic mass is 16.2. The average molecular weight is 258 g/mol. The Balaban J connectivity index is 1.98. The number of para-hydroxylation sites is 1. The molecule has 1 N–H and O–H groups in total. The first kappa shape index (κ1) is 12.7. The summed E-state index contributed by atoms with van der Waals surface area (Å²) in [5.41, 5.74) is 2.71. The molecular formula is C16H22N2O. The summed E-state index contributed by atoms with van der Waals surface area (Å²) in [6.07, 6.45) is 3.45. The molecule has 0 radical (unpaired) electrons. The van der Waals surface area contributed by atoms with Gasteiger partial charge in [0.05, 0.1) is 6.04 Å². The molecule has 102 valence electrons. The lowest BCUT2D eigenvalue weighted by atomic mass is 10.0. The minimum Gasteiger partial charge on any atom is -0.310 e. The Hall–Kier alpha value is -1.35. The molecule has 3 heteroatoms. The standard InChI is InChI=1S/C16H22N2O/c1-3-13-6-4-5-7-14(13)18-11-16(8-9-16)10-17-12(2)15(18)19/h4-7,12,17H,3,8-11H2,1-2H3. The maximum absolute atomic E-state index is 12.6. The molecule has 19 heavy (non-hydrogen) atoms. The molecule has 3 rings (SSSR count). The first-order chi connectivity index (χ1) is 9.15. The van der Waals surface area contributed by atoms with Crippen LogP contribution in [0.2, 0.25) is 0 Å². The summed E-state index contributed by atoms with van der Waals surface area (Å²) < 4.78 is 0. The molecule has 1 aromatic carbocycles. The first-order valence-corrected chi connectivity index (χ1v) is 7.28. The maximum atomic E-state index is 12.6. The largest absolute Gasteiger partial charge is 0.310 e. The van der Waals surface area contributed by atoms with Crippen LogP contribution in [-0.2, 0) is 11.2 Å². The Labute approximate surface area is 115 Å². The number of hydrogen-bond acceptors (Lipinski definition) is 2. The molecule has 1 aliphatic heterocycles. The highest BCUT2D eigenvalue weighted by Crippen LogP contribution is 2.47. The minimum atomic E-state index is -0.0788. The molecule has 3 nitrogen and oxygen atoms in total. The van der Waals surface area contributed by atoms with Crippen molar-refractivity contribution in [1.82, 2.24) is 5.32 Å². The second-order valence-corrected chi connectivity index (χ2v) is 6.01. The van der Waals surface area contributed by atoms with Crippen molar-refractivity contribution < 1.29 is 4.79 Å². The monoisotopic (exact) mass is 258 g/mol. The van der Waals surface area contributed by atoms with Gasteiger partial charge in [0.2, 0.25) is 5.91 Å². The van der Waals surface area contributed by atoms with Gasteiger partial charge in [0.15, 0.2) is 0 Å². The third-order valence-electron chi connectivity index (χ3n) is 4.53. The number of hydrogen-bond donors (Lipinski definition) is 1. The van der Waals surface area contributed by atoms with Crippen LogP contribution in [0.15, 0.2) is 24.3 Å². The van der Waals surface area contributed by atoms with Gasteiger partial charge in [-0.25, -0.2) is 0 Å². The summed E-state index contributed by atoms with van der Waals surface area (Å²) in [6, 6.07) is 8.23. The van der Waals surface area contributed by atoms with Crippen molar-refractivity contribution in [2.45, 2.75) is 39.2 Å². The summed E-state index contributed by atoms with van der Waals surface area (Å²) in [7, 11) is 0. The van der Waals surface area contributed by atoms with Crippen LogP contribution in [0.5, 0.6) is 0 Å². The molecule has 1 heterocycles. The number of nitrogens with one attached hydrogen (secondary N) is 1. The topological polar surface area (TPSA) is 32.3 Å². The highest BCUT2D eigenvalue weighted by Gasteiger charge is 2.47. The number of anilines is 1. The van der Waals surface area contributed by atoms with E-state index in [4.69, 9.17) is 0 Å². The van der Waals surface area contributed by atoms with E-state index in [0.29, 0.717) is 5.41 Å². The van der Waals surface area contributed by atoms with Crippen molar-refractivity contribution in [3.8, 4) is 0 Å². The molecule has 0 aromatic heterocycles. The van der Waals surface area contributed by atoms with Gasteiger partial charge in [-0.05, 0) is 37.8 Å². The van der Waals surface area contributed by atoms with Gasteiger partial charge in [-0.1, -0.05) is 25.1 Å². The van der Waals surface area contributed by atoms with Gasteiger partial charge in [-0.2, -0.15) is 0 Å². The molecule has 2 fully saturated rings. The van der Waals surface area contributed by atoms with Gasteiger partial charge < -0.3 is 10.2 Å². The van der Waals surface area contributed by atoms with Crippen LogP contribution in [0.25, 0.3) is 0 Å². The quantitative estimate of drug-likeness (QED) is 0.883. The van der Waals surface area contributed by atoms with Crippen molar-refractivity contribution in [2.75, 3.05) is 18.0 Å². The smallest absolute Gasteiger partial charge is 0.243 e. The first-order valence-electron chi connectivity index (χ1n) is 7.28. The van der Waals surface area contributed by atoms with Crippen molar-refractivity contribution in [1.29, 1.82) is 0 Å². The molecule has 1 amide bonds. The number of nitrogens with zero attached hydrogens (tertiary/aromatic N) is 1. The van der Waals surface area contributed by atoms with Crippen LogP contribution in [0, 0.1) is 5.41 Å². The van der Waals surface area contributed by atoms with E-state index in [1.165, 1.54) is 18.4 Å². The molecule has 2 aliphatic rings. The molecule has 1 aromatic rings. The number of carbonyl (C=O) groups excluding carboxylic acids is 1. The lowest BCUT2D eigenvalue weighted by Crippen LogP contribution is -2.42. The van der Waals surface area contributed by atoms with E-state index in [0.717, 1.165) is 25.2 Å². The normalized spacial score (nSPS) is 25.5.